The second-order valence-electron chi connectivity index (χ2n) is 5.65. The zero-order valence-electron chi connectivity index (χ0n) is 12.2. The Labute approximate surface area is 138 Å². The molecule has 22 heavy (non-hydrogen) atoms. The first-order valence-corrected chi connectivity index (χ1v) is 7.84. The van der Waals surface area contributed by atoms with Crippen LogP contribution in [-0.4, -0.2) is 4.98 Å². The molecule has 0 saturated carbocycles. The number of benzene rings is 1. The van der Waals surface area contributed by atoms with Crippen molar-refractivity contribution >= 4 is 35.2 Å². The SMILES string of the molecule is CC(C)Cc1cc2c(S)c(-c3ccnc(Cl)c3F)ccc2o1. The van der Waals surface area contributed by atoms with E-state index in [1.807, 2.05) is 12.1 Å². The topological polar surface area (TPSA) is 26.0 Å². The summed E-state index contributed by atoms with van der Waals surface area (Å²) in [4.78, 5) is 4.42. The van der Waals surface area contributed by atoms with E-state index in [0.717, 1.165) is 23.2 Å². The Morgan fingerprint density at radius 2 is 2.05 bits per heavy atom. The summed E-state index contributed by atoms with van der Waals surface area (Å²) in [7, 11) is 0. The van der Waals surface area contributed by atoms with Gasteiger partial charge in [-0.15, -0.1) is 12.6 Å². The number of hydrogen-bond donors (Lipinski definition) is 1. The molecule has 3 rings (SSSR count). The molecule has 0 N–H and O–H groups in total. The molecule has 1 aromatic carbocycles. The van der Waals surface area contributed by atoms with Crippen LogP contribution in [0.5, 0.6) is 0 Å². The van der Waals surface area contributed by atoms with E-state index in [1.54, 1.807) is 12.1 Å². The van der Waals surface area contributed by atoms with Gasteiger partial charge in [0.1, 0.15) is 11.3 Å². The molecule has 2 heterocycles. The first-order valence-electron chi connectivity index (χ1n) is 7.02. The van der Waals surface area contributed by atoms with Crippen LogP contribution in [0.25, 0.3) is 22.1 Å². The first-order chi connectivity index (χ1) is 10.5. The maximum atomic E-state index is 14.2. The molecule has 0 aliphatic carbocycles. The van der Waals surface area contributed by atoms with Crippen LogP contribution in [0.15, 0.2) is 39.8 Å². The minimum atomic E-state index is -0.537. The van der Waals surface area contributed by atoms with E-state index < -0.39 is 5.82 Å². The lowest BCUT2D eigenvalue weighted by Gasteiger charge is -2.07. The molecule has 0 bridgehead atoms. The van der Waals surface area contributed by atoms with Crippen LogP contribution in [0.3, 0.4) is 0 Å². The van der Waals surface area contributed by atoms with E-state index in [-0.39, 0.29) is 5.15 Å². The van der Waals surface area contributed by atoms with Gasteiger partial charge in [-0.3, -0.25) is 0 Å². The fourth-order valence-electron chi connectivity index (χ4n) is 2.50. The highest BCUT2D eigenvalue weighted by Gasteiger charge is 2.16. The van der Waals surface area contributed by atoms with Crippen molar-refractivity contribution in [2.45, 2.75) is 25.2 Å². The van der Waals surface area contributed by atoms with Gasteiger partial charge >= 0.3 is 0 Å². The van der Waals surface area contributed by atoms with E-state index in [2.05, 4.69) is 31.5 Å². The van der Waals surface area contributed by atoms with Gasteiger partial charge in [-0.2, -0.15) is 0 Å². The third-order valence-electron chi connectivity index (χ3n) is 3.47. The molecule has 0 aliphatic rings. The van der Waals surface area contributed by atoms with Gasteiger partial charge in [-0.25, -0.2) is 9.37 Å². The number of hydrogen-bond acceptors (Lipinski definition) is 3. The lowest BCUT2D eigenvalue weighted by molar-refractivity contribution is 0.500. The number of rotatable bonds is 3. The van der Waals surface area contributed by atoms with Crippen LogP contribution in [0.4, 0.5) is 4.39 Å². The summed E-state index contributed by atoms with van der Waals surface area (Å²) < 4.78 is 20.0. The summed E-state index contributed by atoms with van der Waals surface area (Å²) in [5, 5.41) is 0.738. The van der Waals surface area contributed by atoms with Gasteiger partial charge < -0.3 is 4.42 Å². The molecule has 0 atom stereocenters. The van der Waals surface area contributed by atoms with E-state index in [0.29, 0.717) is 21.9 Å². The van der Waals surface area contributed by atoms with Crippen LogP contribution < -0.4 is 0 Å². The number of thiol groups is 1. The number of fused-ring (bicyclic) bond motifs is 1. The van der Waals surface area contributed by atoms with Gasteiger partial charge in [0, 0.05) is 28.5 Å². The predicted molar refractivity (Wildman–Crippen MR) is 90.2 cm³/mol. The quantitative estimate of drug-likeness (QED) is 0.485. The Kier molecular flexibility index (Phi) is 4.15. The number of nitrogens with zero attached hydrogens (tertiary/aromatic N) is 1. The molecule has 5 heteroatoms. The smallest absolute Gasteiger partial charge is 0.168 e. The summed E-state index contributed by atoms with van der Waals surface area (Å²) in [6.07, 6.45) is 2.34. The highest BCUT2D eigenvalue weighted by Crippen LogP contribution is 2.37. The van der Waals surface area contributed by atoms with Crippen LogP contribution in [-0.2, 0) is 6.42 Å². The van der Waals surface area contributed by atoms with Crippen LogP contribution >= 0.6 is 24.2 Å². The number of aromatic nitrogens is 1. The average molecular weight is 336 g/mol. The van der Waals surface area contributed by atoms with Crippen molar-refractivity contribution in [1.29, 1.82) is 0 Å². The minimum absolute atomic E-state index is 0.141. The summed E-state index contributed by atoms with van der Waals surface area (Å²) in [6.45, 7) is 4.27. The molecule has 114 valence electrons. The molecule has 0 unspecified atom stereocenters. The van der Waals surface area contributed by atoms with E-state index in [1.165, 1.54) is 6.20 Å². The van der Waals surface area contributed by atoms with Crippen LogP contribution in [0, 0.1) is 11.7 Å². The Morgan fingerprint density at radius 3 is 2.77 bits per heavy atom. The van der Waals surface area contributed by atoms with E-state index in [4.69, 9.17) is 16.0 Å². The standard InChI is InChI=1S/C17H15ClFNOS/c1-9(2)7-10-8-13-14(21-10)4-3-12(16(13)22)11-5-6-20-17(18)15(11)19/h3-6,8-9,22H,7H2,1-2H3. The highest BCUT2D eigenvalue weighted by atomic mass is 35.5. The average Bonchev–Trinajstić information content (AvgIpc) is 2.85. The van der Waals surface area contributed by atoms with Gasteiger partial charge in [0.25, 0.3) is 0 Å². The van der Waals surface area contributed by atoms with Crippen molar-refractivity contribution < 1.29 is 8.81 Å². The van der Waals surface area contributed by atoms with Gasteiger partial charge in [0.05, 0.1) is 0 Å². The molecule has 0 radical (unpaired) electrons. The Balaban J connectivity index is 2.15. The molecule has 0 saturated heterocycles. The maximum absolute atomic E-state index is 14.2. The molecule has 0 amide bonds. The fourth-order valence-corrected chi connectivity index (χ4v) is 3.02. The van der Waals surface area contributed by atoms with Crippen molar-refractivity contribution in [3.8, 4) is 11.1 Å². The molecular weight excluding hydrogens is 321 g/mol. The second-order valence-corrected chi connectivity index (χ2v) is 6.45. The van der Waals surface area contributed by atoms with Gasteiger partial charge in [-0.05, 0) is 35.7 Å². The summed E-state index contributed by atoms with van der Waals surface area (Å²) in [5.74, 6) is 0.871. The molecular formula is C17H15ClFNOS. The predicted octanol–water partition coefficient (Wildman–Crippen LogP) is 5.77. The number of furan rings is 1. The summed E-state index contributed by atoms with van der Waals surface area (Å²) in [6, 6.07) is 7.20. The molecule has 2 nitrogen and oxygen atoms in total. The Hall–Kier alpha value is -1.52. The molecule has 3 aromatic rings. The van der Waals surface area contributed by atoms with Crippen LogP contribution in [0.2, 0.25) is 5.15 Å². The van der Waals surface area contributed by atoms with Gasteiger partial charge in [0.15, 0.2) is 11.0 Å². The van der Waals surface area contributed by atoms with Crippen molar-refractivity contribution in [3.05, 3.63) is 47.2 Å². The van der Waals surface area contributed by atoms with E-state index in [9.17, 15) is 4.39 Å². The zero-order chi connectivity index (χ0) is 15.9. The normalized spacial score (nSPS) is 11.5. The van der Waals surface area contributed by atoms with Crippen molar-refractivity contribution in [1.82, 2.24) is 4.98 Å². The second kappa shape index (κ2) is 5.94. The Morgan fingerprint density at radius 1 is 1.27 bits per heavy atom. The summed E-state index contributed by atoms with van der Waals surface area (Å²) >= 11 is 10.3. The number of halogens is 2. The van der Waals surface area contributed by atoms with Crippen molar-refractivity contribution in [2.75, 3.05) is 0 Å². The van der Waals surface area contributed by atoms with E-state index >= 15 is 0 Å². The monoisotopic (exact) mass is 335 g/mol. The zero-order valence-corrected chi connectivity index (χ0v) is 13.9. The lowest BCUT2D eigenvalue weighted by atomic mass is 10.0. The van der Waals surface area contributed by atoms with Crippen molar-refractivity contribution in [3.63, 3.8) is 0 Å². The molecule has 0 fully saturated rings. The van der Waals surface area contributed by atoms with Crippen LogP contribution in [0.1, 0.15) is 19.6 Å². The maximum Gasteiger partial charge on any atom is 0.168 e. The largest absolute Gasteiger partial charge is 0.461 e. The fraction of sp³-hybridized carbons (Fsp3) is 0.235. The third-order valence-corrected chi connectivity index (χ3v) is 4.22. The lowest BCUT2D eigenvalue weighted by Crippen LogP contribution is -1.90. The summed E-state index contributed by atoms with van der Waals surface area (Å²) in [5.41, 5.74) is 1.82. The highest BCUT2D eigenvalue weighted by molar-refractivity contribution is 7.80. The molecule has 2 aromatic heterocycles. The third kappa shape index (κ3) is 2.73. The molecule has 0 spiro atoms. The molecule has 0 aliphatic heterocycles. The number of pyridine rings is 1. The van der Waals surface area contributed by atoms with Crippen molar-refractivity contribution in [2.24, 2.45) is 5.92 Å². The minimum Gasteiger partial charge on any atom is -0.461 e. The Bertz CT molecular complexity index is 844. The van der Waals surface area contributed by atoms with Gasteiger partial charge in [0.2, 0.25) is 0 Å². The first kappa shape index (κ1) is 15.4. The van der Waals surface area contributed by atoms with Gasteiger partial charge in [-0.1, -0.05) is 25.4 Å².